The number of amides is 2. The van der Waals surface area contributed by atoms with Gasteiger partial charge in [-0.3, -0.25) is 9.59 Å². The van der Waals surface area contributed by atoms with Crippen molar-refractivity contribution in [3.63, 3.8) is 0 Å². The van der Waals surface area contributed by atoms with Crippen LogP contribution in [0.1, 0.15) is 19.4 Å². The Morgan fingerprint density at radius 2 is 1.59 bits per heavy atom. The first kappa shape index (κ1) is 26.4. The number of benzene rings is 3. The third kappa shape index (κ3) is 6.36. The van der Waals surface area contributed by atoms with Crippen LogP contribution < -0.4 is 10.0 Å². The molecule has 0 spiro atoms. The smallest absolute Gasteiger partial charge is 0.264 e. The topological polar surface area (TPSA) is 95.6 Å². The van der Waals surface area contributed by atoms with Crippen LogP contribution in [0.15, 0.2) is 89.1 Å². The molecule has 3 aromatic carbocycles. The van der Waals surface area contributed by atoms with Crippen LogP contribution in [0, 0.1) is 5.92 Å². The number of hydrogen-bond acceptors (Lipinski definition) is 6. The molecule has 37 heavy (non-hydrogen) atoms. The first-order valence-electron chi connectivity index (χ1n) is 12.0. The maximum absolute atomic E-state index is 13.3. The molecule has 2 amide bonds. The lowest BCUT2D eigenvalue weighted by molar-refractivity contribution is -0.141. The van der Waals surface area contributed by atoms with Gasteiger partial charge in [0.2, 0.25) is 11.8 Å². The van der Waals surface area contributed by atoms with E-state index in [0.717, 1.165) is 27.0 Å². The second kappa shape index (κ2) is 11.6. The van der Waals surface area contributed by atoms with Crippen molar-refractivity contribution in [1.29, 1.82) is 0 Å². The van der Waals surface area contributed by atoms with Crippen LogP contribution in [0.2, 0.25) is 0 Å². The Hall–Kier alpha value is -3.69. The number of thiophene rings is 1. The summed E-state index contributed by atoms with van der Waals surface area (Å²) in [6.45, 7) is 4.49. The molecule has 0 saturated heterocycles. The summed E-state index contributed by atoms with van der Waals surface area (Å²) in [5.74, 6) is -2.44. The van der Waals surface area contributed by atoms with Crippen LogP contribution in [0.3, 0.4) is 0 Å². The molecule has 1 aromatic heterocycles. The van der Waals surface area contributed by atoms with Gasteiger partial charge in [-0.25, -0.2) is 13.1 Å². The molecular weight excluding hydrogens is 506 g/mol. The normalized spacial score (nSPS) is 12.2. The first-order chi connectivity index (χ1) is 17.8. The number of rotatable bonds is 10. The highest BCUT2D eigenvalue weighted by Gasteiger charge is 2.33. The van der Waals surface area contributed by atoms with Gasteiger partial charge in [-0.05, 0) is 78.4 Å². The zero-order chi connectivity index (χ0) is 26.4. The zero-order valence-electron chi connectivity index (χ0n) is 20.7. The van der Waals surface area contributed by atoms with Crippen LogP contribution in [0.25, 0.3) is 10.8 Å². The number of nitrogens with one attached hydrogen (secondary N) is 2. The fourth-order valence-electron chi connectivity index (χ4n) is 4.10. The van der Waals surface area contributed by atoms with Gasteiger partial charge in [-0.2, -0.15) is 0 Å². The van der Waals surface area contributed by atoms with E-state index in [0.29, 0.717) is 13.1 Å². The van der Waals surface area contributed by atoms with Crippen LogP contribution in [-0.2, 0) is 26.0 Å². The Labute approximate surface area is 221 Å². The average molecular weight is 536 g/mol. The van der Waals surface area contributed by atoms with Crippen LogP contribution in [0.4, 0.5) is 10.7 Å². The van der Waals surface area contributed by atoms with Crippen molar-refractivity contribution in [2.24, 2.45) is 5.92 Å². The van der Waals surface area contributed by atoms with Gasteiger partial charge in [0, 0.05) is 18.8 Å². The van der Waals surface area contributed by atoms with E-state index >= 15 is 0 Å². The summed E-state index contributed by atoms with van der Waals surface area (Å²) in [4.78, 5) is 28.1. The van der Waals surface area contributed by atoms with E-state index in [1.54, 1.807) is 28.4 Å². The standard InChI is InChI=1S/C28H29N3O4S2/c1-3-31(4-2)28(33)25(18-20-11-14-23(15-12-20)29-26-10-7-17-36-26)27(32)30-37(34,35)24-16-13-21-8-5-6-9-22(21)19-24/h5-17,19,25,29H,3-4,18H2,1-2H3,(H,30,32)/t25-/m1/s1. The van der Waals surface area contributed by atoms with Gasteiger partial charge < -0.3 is 10.2 Å². The van der Waals surface area contributed by atoms with Gasteiger partial charge >= 0.3 is 0 Å². The quantitative estimate of drug-likeness (QED) is 0.273. The summed E-state index contributed by atoms with van der Waals surface area (Å²) in [5, 5.41) is 7.90. The lowest BCUT2D eigenvalue weighted by Gasteiger charge is -2.25. The van der Waals surface area contributed by atoms with E-state index in [9.17, 15) is 18.0 Å². The summed E-state index contributed by atoms with van der Waals surface area (Å²) in [6.07, 6.45) is 0.0771. The number of sulfonamides is 1. The first-order valence-corrected chi connectivity index (χ1v) is 14.4. The Morgan fingerprint density at radius 3 is 2.24 bits per heavy atom. The maximum atomic E-state index is 13.3. The molecule has 7 nitrogen and oxygen atoms in total. The number of fused-ring (bicyclic) bond motifs is 1. The van der Waals surface area contributed by atoms with E-state index in [1.807, 2.05) is 73.8 Å². The lowest BCUT2D eigenvalue weighted by atomic mass is 9.97. The van der Waals surface area contributed by atoms with Gasteiger partial charge in [-0.1, -0.05) is 42.5 Å². The predicted octanol–water partition coefficient (Wildman–Crippen LogP) is 5.18. The van der Waals surface area contributed by atoms with Crippen molar-refractivity contribution in [1.82, 2.24) is 9.62 Å². The molecule has 0 radical (unpaired) electrons. The Bertz CT molecular complexity index is 1480. The zero-order valence-corrected chi connectivity index (χ0v) is 22.3. The summed E-state index contributed by atoms with van der Waals surface area (Å²) in [5.41, 5.74) is 1.63. The van der Waals surface area contributed by atoms with E-state index < -0.39 is 27.8 Å². The number of carbonyl (C=O) groups excluding carboxylic acids is 2. The second-order valence-corrected chi connectivity index (χ2v) is 11.2. The third-order valence-corrected chi connectivity index (χ3v) is 8.27. The largest absolute Gasteiger partial charge is 0.347 e. The van der Waals surface area contributed by atoms with Crippen molar-refractivity contribution in [3.8, 4) is 0 Å². The van der Waals surface area contributed by atoms with Crippen molar-refractivity contribution in [3.05, 3.63) is 89.8 Å². The van der Waals surface area contributed by atoms with E-state index in [-0.39, 0.29) is 11.3 Å². The van der Waals surface area contributed by atoms with Crippen molar-refractivity contribution < 1.29 is 18.0 Å². The summed E-state index contributed by atoms with van der Waals surface area (Å²) >= 11 is 1.58. The van der Waals surface area contributed by atoms with Crippen molar-refractivity contribution in [2.45, 2.75) is 25.2 Å². The summed E-state index contributed by atoms with van der Waals surface area (Å²) in [7, 11) is -4.18. The molecule has 0 aliphatic rings. The molecular formula is C28H29N3O4S2. The highest BCUT2D eigenvalue weighted by Crippen LogP contribution is 2.23. The Morgan fingerprint density at radius 1 is 0.892 bits per heavy atom. The molecule has 4 aromatic rings. The Kier molecular flexibility index (Phi) is 8.25. The van der Waals surface area contributed by atoms with Gasteiger partial charge in [0.1, 0.15) is 5.92 Å². The van der Waals surface area contributed by atoms with E-state index in [1.165, 1.54) is 12.1 Å². The predicted molar refractivity (Wildman–Crippen MR) is 148 cm³/mol. The molecule has 0 saturated carbocycles. The van der Waals surface area contributed by atoms with Gasteiger partial charge in [0.05, 0.1) is 9.90 Å². The molecule has 0 unspecified atom stereocenters. The second-order valence-electron chi connectivity index (χ2n) is 8.55. The molecule has 0 aliphatic carbocycles. The monoisotopic (exact) mass is 535 g/mol. The van der Waals surface area contributed by atoms with Gasteiger partial charge in [0.25, 0.3) is 10.0 Å². The minimum absolute atomic E-state index is 0.0300. The molecule has 9 heteroatoms. The number of nitrogens with zero attached hydrogens (tertiary/aromatic N) is 1. The minimum Gasteiger partial charge on any atom is -0.347 e. The SMILES string of the molecule is CCN(CC)C(=O)[C@H](Cc1ccc(Nc2cccs2)cc1)C(=O)NS(=O)(=O)c1ccc2ccccc2c1. The summed E-state index contributed by atoms with van der Waals surface area (Å²) < 4.78 is 28.4. The lowest BCUT2D eigenvalue weighted by Crippen LogP contribution is -2.46. The highest BCUT2D eigenvalue weighted by molar-refractivity contribution is 7.90. The molecule has 192 valence electrons. The van der Waals surface area contributed by atoms with E-state index in [4.69, 9.17) is 0 Å². The number of carbonyl (C=O) groups is 2. The fraction of sp³-hybridized carbons (Fsp3) is 0.214. The number of hydrogen-bond donors (Lipinski definition) is 2. The fourth-order valence-corrected chi connectivity index (χ4v) is 5.79. The van der Waals surface area contributed by atoms with Crippen LogP contribution >= 0.6 is 11.3 Å². The van der Waals surface area contributed by atoms with Crippen LogP contribution in [0.5, 0.6) is 0 Å². The van der Waals surface area contributed by atoms with Crippen LogP contribution in [-0.4, -0.2) is 38.2 Å². The highest BCUT2D eigenvalue weighted by atomic mass is 32.2. The molecule has 1 atom stereocenters. The van der Waals surface area contributed by atoms with Crippen molar-refractivity contribution >= 4 is 54.6 Å². The molecule has 0 aliphatic heterocycles. The average Bonchev–Trinajstić information content (AvgIpc) is 3.41. The molecule has 0 bridgehead atoms. The van der Waals surface area contributed by atoms with E-state index in [2.05, 4.69) is 10.0 Å². The molecule has 0 fully saturated rings. The maximum Gasteiger partial charge on any atom is 0.264 e. The minimum atomic E-state index is -4.18. The van der Waals surface area contributed by atoms with Gasteiger partial charge in [-0.15, -0.1) is 11.3 Å². The third-order valence-electron chi connectivity index (χ3n) is 6.14. The molecule has 2 N–H and O–H groups in total. The Balaban J connectivity index is 1.56. The summed E-state index contributed by atoms with van der Waals surface area (Å²) in [6, 6.07) is 23.4. The van der Waals surface area contributed by atoms with Gasteiger partial charge in [0.15, 0.2) is 0 Å². The number of anilines is 2. The van der Waals surface area contributed by atoms with Crippen molar-refractivity contribution in [2.75, 3.05) is 18.4 Å². The molecule has 1 heterocycles. The molecule has 4 rings (SSSR count).